The van der Waals surface area contributed by atoms with E-state index in [1.807, 2.05) is 0 Å². The number of aromatic nitrogens is 4. The van der Waals surface area contributed by atoms with Crippen LogP contribution in [-0.4, -0.2) is 20.7 Å². The van der Waals surface area contributed by atoms with Gasteiger partial charge in [-0.15, -0.1) is 0 Å². The molecule has 6 heteroatoms. The van der Waals surface area contributed by atoms with E-state index in [2.05, 4.69) is 26.9 Å². The Morgan fingerprint density at radius 2 is 2.46 bits per heavy atom. The van der Waals surface area contributed by atoms with Crippen LogP contribution in [0.3, 0.4) is 0 Å². The van der Waals surface area contributed by atoms with Crippen LogP contribution in [0, 0.1) is 0 Å². The average Bonchev–Trinajstić information content (AvgIpc) is 2.53. The van der Waals surface area contributed by atoms with Gasteiger partial charge in [0.25, 0.3) is 5.16 Å². The summed E-state index contributed by atoms with van der Waals surface area (Å²) in [6.45, 7) is 2.05. The Bertz CT molecular complexity index is 424. The Kier molecular flexibility index (Phi) is 2.05. The summed E-state index contributed by atoms with van der Waals surface area (Å²) in [7, 11) is 0. The highest BCUT2D eigenvalue weighted by Gasteiger charge is 2.12. The summed E-state index contributed by atoms with van der Waals surface area (Å²) < 4.78 is 0. The topological polar surface area (TPSA) is 81.7 Å². The minimum absolute atomic E-state index is 0.488. The van der Waals surface area contributed by atoms with Gasteiger partial charge in [0, 0.05) is 0 Å². The van der Waals surface area contributed by atoms with Gasteiger partial charge in [-0.1, -0.05) is 23.7 Å². The Labute approximate surface area is 79.2 Å². The van der Waals surface area contributed by atoms with Gasteiger partial charge in [0.15, 0.2) is 12.1 Å². The highest BCUT2D eigenvalue weighted by atomic mass is 32.2. The van der Waals surface area contributed by atoms with Crippen LogP contribution in [0.5, 0.6) is 0 Å². The SMILES string of the molecule is CCSc1nc(N)c2[nH]c[nH+]c2n1. The first-order chi connectivity index (χ1) is 6.31. The minimum atomic E-state index is 0.488. The number of aromatic amines is 2. The van der Waals surface area contributed by atoms with Crippen molar-refractivity contribution in [3.63, 3.8) is 0 Å². The van der Waals surface area contributed by atoms with Crippen molar-refractivity contribution in [1.29, 1.82) is 0 Å². The lowest BCUT2D eigenvalue weighted by Gasteiger charge is -1.93. The number of H-pyrrole nitrogens is 2. The van der Waals surface area contributed by atoms with E-state index in [4.69, 9.17) is 5.73 Å². The van der Waals surface area contributed by atoms with E-state index >= 15 is 0 Å². The molecule has 0 aliphatic heterocycles. The second kappa shape index (κ2) is 3.21. The van der Waals surface area contributed by atoms with Gasteiger partial charge in [-0.25, -0.2) is 4.98 Å². The smallest absolute Gasteiger partial charge is 0.306 e. The number of nitrogens with one attached hydrogen (secondary N) is 2. The number of imidazole rings is 1. The summed E-state index contributed by atoms with van der Waals surface area (Å²) >= 11 is 1.57. The number of nitrogens with two attached hydrogens (primary N) is 1. The van der Waals surface area contributed by atoms with Gasteiger partial charge in [-0.3, -0.25) is 4.98 Å². The van der Waals surface area contributed by atoms with E-state index in [0.717, 1.165) is 16.9 Å². The Hall–Kier alpha value is -1.30. The average molecular weight is 196 g/mol. The predicted molar refractivity (Wildman–Crippen MR) is 51.3 cm³/mol. The van der Waals surface area contributed by atoms with Crippen LogP contribution in [0.4, 0.5) is 5.82 Å². The van der Waals surface area contributed by atoms with Gasteiger partial charge in [0.2, 0.25) is 5.52 Å². The number of hydrogen-bond donors (Lipinski definition) is 2. The number of rotatable bonds is 2. The van der Waals surface area contributed by atoms with Crippen molar-refractivity contribution in [2.75, 3.05) is 11.5 Å². The maximum absolute atomic E-state index is 5.72. The Balaban J connectivity index is 2.56. The van der Waals surface area contributed by atoms with Crippen LogP contribution in [-0.2, 0) is 0 Å². The molecule has 0 radical (unpaired) electrons. The molecule has 2 aromatic heterocycles. The van der Waals surface area contributed by atoms with Gasteiger partial charge < -0.3 is 5.73 Å². The molecule has 0 aliphatic rings. The lowest BCUT2D eigenvalue weighted by atomic mass is 10.5. The first-order valence-corrected chi connectivity index (χ1v) is 4.95. The minimum Gasteiger partial charge on any atom is -0.380 e. The third kappa shape index (κ3) is 1.44. The van der Waals surface area contributed by atoms with Crippen molar-refractivity contribution in [2.24, 2.45) is 0 Å². The number of hydrogen-bond acceptors (Lipinski definition) is 4. The molecule has 2 rings (SSSR count). The highest BCUT2D eigenvalue weighted by Crippen LogP contribution is 2.17. The van der Waals surface area contributed by atoms with E-state index in [1.54, 1.807) is 18.1 Å². The molecule has 0 atom stereocenters. The molecule has 0 aliphatic carbocycles. The standard InChI is InChI=1S/C7H9N5S/c1-2-13-7-11-5(8)4-6(12-7)10-3-9-4/h3H,2H2,1H3,(H3,8,9,10,11,12)/p+1. The van der Waals surface area contributed by atoms with Crippen LogP contribution in [0.2, 0.25) is 0 Å². The van der Waals surface area contributed by atoms with Gasteiger partial charge in [0.05, 0.1) is 0 Å². The van der Waals surface area contributed by atoms with Crippen LogP contribution >= 0.6 is 11.8 Å². The fourth-order valence-corrected chi connectivity index (χ4v) is 1.65. The predicted octanol–water partition coefficient (Wildman–Crippen LogP) is 0.466. The zero-order valence-corrected chi connectivity index (χ0v) is 7.98. The van der Waals surface area contributed by atoms with Crippen LogP contribution in [0.15, 0.2) is 11.5 Å². The molecule has 68 valence electrons. The van der Waals surface area contributed by atoms with Gasteiger partial charge in [-0.05, 0) is 5.75 Å². The summed E-state index contributed by atoms with van der Waals surface area (Å²) in [4.78, 5) is 14.3. The molecule has 0 aromatic carbocycles. The molecular formula is C7H10N5S+. The van der Waals surface area contributed by atoms with Crippen LogP contribution < -0.4 is 10.7 Å². The van der Waals surface area contributed by atoms with Gasteiger partial charge >= 0.3 is 5.65 Å². The maximum atomic E-state index is 5.72. The van der Waals surface area contributed by atoms with Crippen molar-refractivity contribution in [3.8, 4) is 0 Å². The second-order valence-electron chi connectivity index (χ2n) is 2.48. The molecule has 4 N–H and O–H groups in total. The molecule has 0 saturated heterocycles. The third-order valence-corrected chi connectivity index (χ3v) is 2.34. The molecule has 13 heavy (non-hydrogen) atoms. The van der Waals surface area contributed by atoms with E-state index in [9.17, 15) is 0 Å². The molecule has 0 unspecified atom stereocenters. The lowest BCUT2D eigenvalue weighted by molar-refractivity contribution is -0.347. The molecule has 2 aromatic rings. The van der Waals surface area contributed by atoms with E-state index < -0.39 is 0 Å². The summed E-state index contributed by atoms with van der Waals surface area (Å²) in [5, 5.41) is 0.711. The van der Waals surface area contributed by atoms with Crippen molar-refractivity contribution in [2.45, 2.75) is 12.1 Å². The van der Waals surface area contributed by atoms with Gasteiger partial charge in [0.1, 0.15) is 0 Å². The molecule has 2 heterocycles. The van der Waals surface area contributed by atoms with Crippen LogP contribution in [0.1, 0.15) is 6.92 Å². The molecule has 0 bridgehead atoms. The number of nitrogens with zero attached hydrogens (tertiary/aromatic N) is 2. The monoisotopic (exact) mass is 196 g/mol. The number of fused-ring (bicyclic) bond motifs is 1. The van der Waals surface area contributed by atoms with E-state index in [0.29, 0.717) is 11.0 Å². The van der Waals surface area contributed by atoms with Crippen molar-refractivity contribution < 1.29 is 4.98 Å². The third-order valence-electron chi connectivity index (χ3n) is 1.62. The fraction of sp³-hybridized carbons (Fsp3) is 0.286. The number of thioether (sulfide) groups is 1. The molecule has 0 saturated carbocycles. The van der Waals surface area contributed by atoms with Crippen molar-refractivity contribution in [1.82, 2.24) is 15.0 Å². The Morgan fingerprint density at radius 3 is 3.23 bits per heavy atom. The summed E-state index contributed by atoms with van der Waals surface area (Å²) in [5.41, 5.74) is 7.23. The fourth-order valence-electron chi connectivity index (χ4n) is 1.07. The van der Waals surface area contributed by atoms with E-state index in [-0.39, 0.29) is 0 Å². The molecule has 0 spiro atoms. The lowest BCUT2D eigenvalue weighted by Crippen LogP contribution is -2.02. The second-order valence-corrected chi connectivity index (χ2v) is 3.71. The van der Waals surface area contributed by atoms with E-state index in [1.165, 1.54) is 0 Å². The zero-order valence-electron chi connectivity index (χ0n) is 7.16. The largest absolute Gasteiger partial charge is 0.380 e. The first kappa shape index (κ1) is 8.31. The first-order valence-electron chi connectivity index (χ1n) is 3.96. The summed E-state index contributed by atoms with van der Waals surface area (Å²) in [5.74, 6) is 1.43. The van der Waals surface area contributed by atoms with Crippen molar-refractivity contribution in [3.05, 3.63) is 6.33 Å². The highest BCUT2D eigenvalue weighted by molar-refractivity contribution is 7.99. The summed E-state index contributed by atoms with van der Waals surface area (Å²) in [6, 6.07) is 0. The maximum Gasteiger partial charge on any atom is 0.306 e. The zero-order chi connectivity index (χ0) is 9.26. The van der Waals surface area contributed by atoms with Gasteiger partial charge in [-0.2, -0.15) is 4.98 Å². The van der Waals surface area contributed by atoms with Crippen molar-refractivity contribution >= 4 is 28.7 Å². The van der Waals surface area contributed by atoms with Crippen LogP contribution in [0.25, 0.3) is 11.2 Å². The quantitative estimate of drug-likeness (QED) is 0.540. The normalized spacial score (nSPS) is 10.8. The molecular weight excluding hydrogens is 186 g/mol. The number of anilines is 1. The summed E-state index contributed by atoms with van der Waals surface area (Å²) in [6.07, 6.45) is 1.69. The Morgan fingerprint density at radius 1 is 1.62 bits per heavy atom. The number of nitrogen functional groups attached to an aromatic ring is 1. The molecule has 5 nitrogen and oxygen atoms in total. The molecule has 0 fully saturated rings. The molecule has 0 amide bonds.